The van der Waals surface area contributed by atoms with Gasteiger partial charge in [0.1, 0.15) is 11.8 Å². The van der Waals surface area contributed by atoms with Crippen LogP contribution >= 0.6 is 11.6 Å². The molecule has 0 fully saturated rings. The Hall–Kier alpha value is -1.53. The Labute approximate surface area is 80.2 Å². The number of Topliss-reactive ketones (excluding diaryl/α,β-unsaturated/α-hetero) is 1. The molecule has 0 spiro atoms. The zero-order valence-corrected chi connectivity index (χ0v) is 7.59. The van der Waals surface area contributed by atoms with E-state index in [9.17, 15) is 9.90 Å². The molecule has 1 N–H and O–H groups in total. The van der Waals surface area contributed by atoms with Crippen LogP contribution in [0.25, 0.3) is 0 Å². The highest BCUT2D eigenvalue weighted by Gasteiger charge is 2.14. The molecule has 0 heterocycles. The zero-order chi connectivity index (χ0) is 10.0. The number of rotatable bonds is 1. The van der Waals surface area contributed by atoms with Crippen LogP contribution in [-0.2, 0) is 0 Å². The number of hydrogen-bond donors (Lipinski definition) is 1. The summed E-state index contributed by atoms with van der Waals surface area (Å²) in [4.78, 5) is 11.0. The Morgan fingerprint density at radius 3 is 2.69 bits per heavy atom. The van der Waals surface area contributed by atoms with Crippen LogP contribution in [0.1, 0.15) is 22.8 Å². The molecule has 1 aromatic rings. The first kappa shape index (κ1) is 9.56. The number of carbonyl (C=O) groups excluding carboxylic acids is 1. The lowest BCUT2D eigenvalue weighted by Gasteiger charge is -2.03. The quantitative estimate of drug-likeness (QED) is 0.699. The van der Waals surface area contributed by atoms with Gasteiger partial charge in [-0.3, -0.25) is 4.79 Å². The van der Waals surface area contributed by atoms with Gasteiger partial charge >= 0.3 is 0 Å². The third kappa shape index (κ3) is 1.63. The zero-order valence-electron chi connectivity index (χ0n) is 6.84. The fourth-order valence-corrected chi connectivity index (χ4v) is 1.28. The van der Waals surface area contributed by atoms with E-state index in [1.54, 1.807) is 6.07 Å². The number of benzene rings is 1. The second-order valence-corrected chi connectivity index (χ2v) is 2.89. The highest BCUT2D eigenvalue weighted by Crippen LogP contribution is 2.29. The highest BCUT2D eigenvalue weighted by atomic mass is 35.5. The van der Waals surface area contributed by atoms with Crippen LogP contribution in [0.4, 0.5) is 0 Å². The summed E-state index contributed by atoms with van der Waals surface area (Å²) in [5, 5.41) is 18.1. The summed E-state index contributed by atoms with van der Waals surface area (Å²) in [6, 6.07) is 4.54. The molecule has 0 radical (unpaired) electrons. The Morgan fingerprint density at radius 1 is 1.62 bits per heavy atom. The molecule has 0 unspecified atom stereocenters. The van der Waals surface area contributed by atoms with Crippen molar-refractivity contribution < 1.29 is 9.90 Å². The normalized spacial score (nSPS) is 9.31. The Balaban J connectivity index is 3.50. The minimum absolute atomic E-state index is 0.000664. The molecule has 0 saturated heterocycles. The van der Waals surface area contributed by atoms with E-state index < -0.39 is 0 Å². The smallest absolute Gasteiger partial charge is 0.165 e. The molecule has 13 heavy (non-hydrogen) atoms. The summed E-state index contributed by atoms with van der Waals surface area (Å²) in [5.41, 5.74) is 0.0512. The third-order valence-corrected chi connectivity index (χ3v) is 1.91. The van der Waals surface area contributed by atoms with Gasteiger partial charge in [-0.15, -0.1) is 0 Å². The van der Waals surface area contributed by atoms with Gasteiger partial charge in [0.2, 0.25) is 0 Å². The average Bonchev–Trinajstić information content (AvgIpc) is 2.04. The van der Waals surface area contributed by atoms with Crippen molar-refractivity contribution >= 4 is 17.4 Å². The first-order valence-electron chi connectivity index (χ1n) is 3.50. The van der Waals surface area contributed by atoms with Crippen LogP contribution in [-0.4, -0.2) is 10.9 Å². The van der Waals surface area contributed by atoms with Gasteiger partial charge in [0.05, 0.1) is 16.1 Å². The predicted molar refractivity (Wildman–Crippen MR) is 47.8 cm³/mol. The number of nitriles is 1. The van der Waals surface area contributed by atoms with Crippen molar-refractivity contribution in [1.29, 1.82) is 5.26 Å². The number of carbonyl (C=O) groups is 1. The number of ketones is 1. The predicted octanol–water partition coefficient (Wildman–Crippen LogP) is 2.12. The lowest BCUT2D eigenvalue weighted by atomic mass is 10.1. The topological polar surface area (TPSA) is 61.1 Å². The standard InChI is InChI=1S/C9H6ClNO2/c1-5(12)8-7(10)3-2-6(4-11)9(8)13/h2-3,13H,1H3. The maximum absolute atomic E-state index is 11.0. The van der Waals surface area contributed by atoms with Gasteiger partial charge in [-0.2, -0.15) is 5.26 Å². The van der Waals surface area contributed by atoms with Gasteiger partial charge in [0.15, 0.2) is 5.78 Å². The molecule has 3 nitrogen and oxygen atoms in total. The second kappa shape index (κ2) is 3.46. The van der Waals surface area contributed by atoms with E-state index in [1.807, 2.05) is 0 Å². The molecule has 0 bridgehead atoms. The summed E-state index contributed by atoms with van der Waals surface area (Å²) in [6.07, 6.45) is 0. The molecule has 66 valence electrons. The van der Waals surface area contributed by atoms with Crippen LogP contribution in [0.2, 0.25) is 5.02 Å². The van der Waals surface area contributed by atoms with Crippen LogP contribution in [0.5, 0.6) is 5.75 Å². The minimum Gasteiger partial charge on any atom is -0.506 e. The Kier molecular flexibility index (Phi) is 2.54. The molecule has 0 aromatic heterocycles. The molecule has 0 aliphatic carbocycles. The van der Waals surface area contributed by atoms with Gasteiger partial charge < -0.3 is 5.11 Å². The third-order valence-electron chi connectivity index (χ3n) is 1.60. The molecule has 0 saturated carbocycles. The van der Waals surface area contributed by atoms with Crippen molar-refractivity contribution in [3.63, 3.8) is 0 Å². The lowest BCUT2D eigenvalue weighted by molar-refractivity contribution is 0.101. The lowest BCUT2D eigenvalue weighted by Crippen LogP contribution is -1.95. The monoisotopic (exact) mass is 195 g/mol. The van der Waals surface area contributed by atoms with E-state index in [2.05, 4.69) is 0 Å². The fourth-order valence-electron chi connectivity index (χ4n) is 0.992. The molecular weight excluding hydrogens is 190 g/mol. The van der Waals surface area contributed by atoms with Crippen LogP contribution in [0, 0.1) is 11.3 Å². The van der Waals surface area contributed by atoms with Gasteiger partial charge in [-0.1, -0.05) is 11.6 Å². The summed E-state index contributed by atoms with van der Waals surface area (Å²) in [6.45, 7) is 1.28. The van der Waals surface area contributed by atoms with Crippen LogP contribution in [0.3, 0.4) is 0 Å². The van der Waals surface area contributed by atoms with Crippen molar-refractivity contribution in [2.45, 2.75) is 6.92 Å². The van der Waals surface area contributed by atoms with E-state index in [1.165, 1.54) is 19.1 Å². The van der Waals surface area contributed by atoms with Crippen LogP contribution in [0.15, 0.2) is 12.1 Å². The van der Waals surface area contributed by atoms with Gasteiger partial charge in [-0.05, 0) is 19.1 Å². The second-order valence-electron chi connectivity index (χ2n) is 2.49. The van der Waals surface area contributed by atoms with E-state index >= 15 is 0 Å². The van der Waals surface area contributed by atoms with E-state index in [-0.39, 0.29) is 27.7 Å². The highest BCUT2D eigenvalue weighted by molar-refractivity contribution is 6.34. The SMILES string of the molecule is CC(=O)c1c(Cl)ccc(C#N)c1O. The van der Waals surface area contributed by atoms with E-state index in [0.29, 0.717) is 0 Å². The van der Waals surface area contributed by atoms with Crippen molar-refractivity contribution in [2.75, 3.05) is 0 Å². The van der Waals surface area contributed by atoms with Crippen molar-refractivity contribution in [3.8, 4) is 11.8 Å². The Bertz CT molecular complexity index is 407. The van der Waals surface area contributed by atoms with E-state index in [0.717, 1.165) is 0 Å². The largest absolute Gasteiger partial charge is 0.506 e. The molecule has 4 heteroatoms. The molecule has 0 atom stereocenters. The average molecular weight is 196 g/mol. The first-order valence-corrected chi connectivity index (χ1v) is 3.88. The van der Waals surface area contributed by atoms with E-state index in [4.69, 9.17) is 16.9 Å². The number of phenols is 1. The van der Waals surface area contributed by atoms with Crippen molar-refractivity contribution in [3.05, 3.63) is 28.3 Å². The maximum atomic E-state index is 11.0. The number of phenolic OH excluding ortho intramolecular Hbond substituents is 1. The van der Waals surface area contributed by atoms with Crippen molar-refractivity contribution in [1.82, 2.24) is 0 Å². The minimum atomic E-state index is -0.361. The molecule has 1 aromatic carbocycles. The maximum Gasteiger partial charge on any atom is 0.165 e. The number of aromatic hydroxyl groups is 1. The first-order chi connectivity index (χ1) is 6.07. The Morgan fingerprint density at radius 2 is 2.23 bits per heavy atom. The molecule has 1 rings (SSSR count). The summed E-state index contributed by atoms with van der Waals surface area (Å²) < 4.78 is 0. The molecular formula is C9H6ClNO2. The fraction of sp³-hybridized carbons (Fsp3) is 0.111. The van der Waals surface area contributed by atoms with Crippen molar-refractivity contribution in [2.24, 2.45) is 0 Å². The van der Waals surface area contributed by atoms with Gasteiger partial charge in [0.25, 0.3) is 0 Å². The van der Waals surface area contributed by atoms with Crippen LogP contribution < -0.4 is 0 Å². The molecule has 0 amide bonds. The summed E-state index contributed by atoms with van der Waals surface area (Å²) >= 11 is 5.66. The molecule has 0 aliphatic rings. The summed E-state index contributed by atoms with van der Waals surface area (Å²) in [7, 11) is 0. The number of halogens is 1. The summed E-state index contributed by atoms with van der Waals surface area (Å²) in [5.74, 6) is -0.706. The number of hydrogen-bond acceptors (Lipinski definition) is 3. The molecule has 0 aliphatic heterocycles. The van der Waals surface area contributed by atoms with Gasteiger partial charge in [-0.25, -0.2) is 0 Å². The number of nitrogens with zero attached hydrogens (tertiary/aromatic N) is 1. The van der Waals surface area contributed by atoms with Gasteiger partial charge in [0, 0.05) is 0 Å².